The largest absolute Gasteiger partial charge is 0.326 e. The second-order valence-corrected chi connectivity index (χ2v) is 5.79. The number of rotatable bonds is 8. The molecule has 0 aliphatic rings. The summed E-state index contributed by atoms with van der Waals surface area (Å²) in [6.07, 6.45) is 5.52. The number of aromatic nitrogens is 2. The third-order valence-electron chi connectivity index (χ3n) is 4.01. The van der Waals surface area contributed by atoms with E-state index in [4.69, 9.17) is 0 Å². The van der Waals surface area contributed by atoms with Crippen molar-refractivity contribution in [3.05, 3.63) is 42.0 Å². The lowest BCUT2D eigenvalue weighted by Crippen LogP contribution is -2.12. The van der Waals surface area contributed by atoms with Crippen LogP contribution in [0.3, 0.4) is 0 Å². The number of imidazole rings is 1. The van der Waals surface area contributed by atoms with Crippen LogP contribution >= 0.6 is 0 Å². The zero-order valence-corrected chi connectivity index (χ0v) is 14.2. The number of aryl methyl sites for hydroxylation is 1. The zero-order valence-electron chi connectivity index (χ0n) is 14.2. The molecule has 0 atom stereocenters. The Labute approximate surface area is 138 Å². The molecule has 1 aromatic carbocycles. The van der Waals surface area contributed by atoms with Crippen molar-refractivity contribution in [1.29, 1.82) is 0 Å². The lowest BCUT2D eigenvalue weighted by atomic mass is 10.2. The van der Waals surface area contributed by atoms with Crippen LogP contribution in [0.15, 0.2) is 30.6 Å². The molecule has 0 unspecified atom stereocenters. The molecule has 0 spiro atoms. The first kappa shape index (κ1) is 17.2. The second-order valence-electron chi connectivity index (χ2n) is 5.79. The fourth-order valence-electron chi connectivity index (χ4n) is 2.45. The van der Waals surface area contributed by atoms with Gasteiger partial charge >= 0.3 is 0 Å². The molecular formula is C18H26N4O. The van der Waals surface area contributed by atoms with Gasteiger partial charge in [-0.25, -0.2) is 4.98 Å². The number of carbonyl (C=O) groups is 1. The Hall–Kier alpha value is -2.14. The molecule has 2 N–H and O–H groups in total. The van der Waals surface area contributed by atoms with E-state index in [0.29, 0.717) is 6.42 Å². The molecule has 2 aromatic rings. The Kier molecular flexibility index (Phi) is 6.35. The van der Waals surface area contributed by atoms with E-state index < -0.39 is 0 Å². The van der Waals surface area contributed by atoms with E-state index >= 15 is 0 Å². The highest BCUT2D eigenvalue weighted by Crippen LogP contribution is 2.17. The summed E-state index contributed by atoms with van der Waals surface area (Å²) in [5.41, 5.74) is 4.04. The smallest absolute Gasteiger partial charge is 0.224 e. The fraction of sp³-hybridized carbons (Fsp3) is 0.444. The molecule has 0 saturated heterocycles. The molecule has 0 bridgehead atoms. The van der Waals surface area contributed by atoms with Crippen molar-refractivity contribution in [1.82, 2.24) is 14.9 Å². The summed E-state index contributed by atoms with van der Waals surface area (Å²) in [4.78, 5) is 16.2. The van der Waals surface area contributed by atoms with Crippen LogP contribution in [0.25, 0.3) is 5.69 Å². The molecule has 1 heterocycles. The summed E-state index contributed by atoms with van der Waals surface area (Å²) < 4.78 is 2.04. The third-order valence-corrected chi connectivity index (χ3v) is 4.01. The van der Waals surface area contributed by atoms with Gasteiger partial charge in [0.05, 0.1) is 12.0 Å². The number of amides is 1. The highest BCUT2D eigenvalue weighted by molar-refractivity contribution is 5.90. The number of benzene rings is 1. The molecule has 0 radical (unpaired) electrons. The van der Waals surface area contributed by atoms with Crippen LogP contribution in [0.2, 0.25) is 0 Å². The number of hydrogen-bond acceptors (Lipinski definition) is 3. The molecule has 5 nitrogen and oxygen atoms in total. The second kappa shape index (κ2) is 8.48. The van der Waals surface area contributed by atoms with E-state index in [-0.39, 0.29) is 5.91 Å². The lowest BCUT2D eigenvalue weighted by Gasteiger charge is -2.08. The number of nitrogens with one attached hydrogen (secondary N) is 2. The van der Waals surface area contributed by atoms with Crippen molar-refractivity contribution >= 4 is 11.6 Å². The summed E-state index contributed by atoms with van der Waals surface area (Å²) in [6, 6.07) is 7.86. The van der Waals surface area contributed by atoms with Gasteiger partial charge in [0.25, 0.3) is 0 Å². The lowest BCUT2D eigenvalue weighted by molar-refractivity contribution is -0.116. The molecule has 1 aromatic heterocycles. The minimum Gasteiger partial charge on any atom is -0.326 e. The highest BCUT2D eigenvalue weighted by atomic mass is 16.1. The zero-order chi connectivity index (χ0) is 16.7. The number of unbranched alkanes of at least 4 members (excludes halogenated alkanes) is 2. The van der Waals surface area contributed by atoms with Gasteiger partial charge in [0, 0.05) is 23.5 Å². The summed E-state index contributed by atoms with van der Waals surface area (Å²) in [7, 11) is 1.95. The molecule has 0 saturated carbocycles. The van der Waals surface area contributed by atoms with Crippen LogP contribution in [0.1, 0.15) is 37.1 Å². The van der Waals surface area contributed by atoms with Crippen LogP contribution < -0.4 is 10.6 Å². The summed E-state index contributed by atoms with van der Waals surface area (Å²) in [5.74, 6) is 0.0804. The summed E-state index contributed by atoms with van der Waals surface area (Å²) in [5, 5.41) is 6.06. The Bertz CT molecular complexity index is 631. The van der Waals surface area contributed by atoms with E-state index in [2.05, 4.69) is 15.6 Å². The third kappa shape index (κ3) is 4.93. The normalized spacial score (nSPS) is 10.7. The first-order chi connectivity index (χ1) is 11.1. The van der Waals surface area contributed by atoms with Crippen LogP contribution in [0.4, 0.5) is 5.69 Å². The molecule has 1 amide bonds. The van der Waals surface area contributed by atoms with E-state index in [0.717, 1.165) is 48.6 Å². The molecular weight excluding hydrogens is 288 g/mol. The van der Waals surface area contributed by atoms with Crippen molar-refractivity contribution in [2.75, 3.05) is 18.9 Å². The maximum atomic E-state index is 11.9. The maximum Gasteiger partial charge on any atom is 0.224 e. The van der Waals surface area contributed by atoms with Gasteiger partial charge in [0.2, 0.25) is 5.91 Å². The molecule has 2 rings (SSSR count). The molecule has 5 heteroatoms. The Morgan fingerprint density at radius 1 is 1.13 bits per heavy atom. The van der Waals surface area contributed by atoms with Gasteiger partial charge in [-0.15, -0.1) is 0 Å². The molecule has 0 aliphatic heterocycles. The van der Waals surface area contributed by atoms with Crippen LogP contribution in [-0.4, -0.2) is 29.1 Å². The first-order valence-electron chi connectivity index (χ1n) is 8.17. The molecule has 23 heavy (non-hydrogen) atoms. The monoisotopic (exact) mass is 314 g/mol. The van der Waals surface area contributed by atoms with Gasteiger partial charge in [-0.2, -0.15) is 0 Å². The number of carbonyl (C=O) groups excluding carboxylic acids is 1. The quantitative estimate of drug-likeness (QED) is 0.736. The molecule has 124 valence electrons. The van der Waals surface area contributed by atoms with Crippen molar-refractivity contribution in [2.45, 2.75) is 39.5 Å². The van der Waals surface area contributed by atoms with Crippen LogP contribution in [-0.2, 0) is 4.79 Å². The highest BCUT2D eigenvalue weighted by Gasteiger charge is 2.05. The summed E-state index contributed by atoms with van der Waals surface area (Å²) >= 11 is 0. The number of hydrogen-bond donors (Lipinski definition) is 2. The standard InChI is InChI=1S/C18H26N4O/c1-14-15(2)22(13-20-14)17-10-8-16(9-11-17)21-18(23)7-5-4-6-12-19-3/h8-11,13,19H,4-7,12H2,1-3H3,(H,21,23). The number of nitrogens with zero attached hydrogens (tertiary/aromatic N) is 2. The van der Waals surface area contributed by atoms with Gasteiger partial charge in [-0.05, 0) is 64.5 Å². The van der Waals surface area contributed by atoms with Gasteiger partial charge in [-0.3, -0.25) is 4.79 Å². The van der Waals surface area contributed by atoms with Crippen LogP contribution in [0.5, 0.6) is 0 Å². The topological polar surface area (TPSA) is 59.0 Å². The first-order valence-corrected chi connectivity index (χ1v) is 8.17. The van der Waals surface area contributed by atoms with Crippen molar-refractivity contribution in [3.63, 3.8) is 0 Å². The maximum absolute atomic E-state index is 11.9. The average Bonchev–Trinajstić information content (AvgIpc) is 2.88. The Morgan fingerprint density at radius 3 is 2.48 bits per heavy atom. The van der Waals surface area contributed by atoms with E-state index in [1.807, 2.05) is 56.1 Å². The SMILES string of the molecule is CNCCCCCC(=O)Nc1ccc(-n2cnc(C)c2C)cc1. The van der Waals surface area contributed by atoms with Crippen LogP contribution in [0, 0.1) is 13.8 Å². The van der Waals surface area contributed by atoms with E-state index in [1.165, 1.54) is 0 Å². The van der Waals surface area contributed by atoms with Gasteiger partial charge < -0.3 is 15.2 Å². The van der Waals surface area contributed by atoms with E-state index in [9.17, 15) is 4.79 Å². The van der Waals surface area contributed by atoms with Crippen molar-refractivity contribution in [3.8, 4) is 5.69 Å². The predicted octanol–water partition coefficient (Wildman–Crippen LogP) is 3.21. The average molecular weight is 314 g/mol. The number of anilines is 1. The van der Waals surface area contributed by atoms with Gasteiger partial charge in [0.15, 0.2) is 0 Å². The van der Waals surface area contributed by atoms with E-state index in [1.54, 1.807) is 0 Å². The van der Waals surface area contributed by atoms with Gasteiger partial charge in [0.1, 0.15) is 0 Å². The predicted molar refractivity (Wildman–Crippen MR) is 94.1 cm³/mol. The van der Waals surface area contributed by atoms with Crippen molar-refractivity contribution < 1.29 is 4.79 Å². The minimum atomic E-state index is 0.0804. The molecule has 0 aliphatic carbocycles. The summed E-state index contributed by atoms with van der Waals surface area (Å²) in [6.45, 7) is 5.05. The molecule has 0 fully saturated rings. The van der Waals surface area contributed by atoms with Crippen molar-refractivity contribution in [2.24, 2.45) is 0 Å². The Balaban J connectivity index is 1.85. The Morgan fingerprint density at radius 2 is 1.87 bits per heavy atom. The fourth-order valence-corrected chi connectivity index (χ4v) is 2.45. The van der Waals surface area contributed by atoms with Gasteiger partial charge in [-0.1, -0.05) is 6.42 Å². The minimum absolute atomic E-state index is 0.0804.